The van der Waals surface area contributed by atoms with E-state index in [-0.39, 0.29) is 16.2 Å². The molecule has 4 aromatic rings. The lowest BCUT2D eigenvalue weighted by Crippen LogP contribution is -2.22. The molecule has 2 aromatic carbocycles. The molecule has 6 nitrogen and oxygen atoms in total. The van der Waals surface area contributed by atoms with Crippen LogP contribution in [0, 0.1) is 25.5 Å². The Balaban J connectivity index is 1.77. The first-order valence-electron chi connectivity index (χ1n) is 9.45. The molecule has 2 N–H and O–H groups in total. The van der Waals surface area contributed by atoms with Crippen LogP contribution in [0.3, 0.4) is 0 Å². The lowest BCUT2D eigenvalue weighted by Gasteiger charge is -2.13. The van der Waals surface area contributed by atoms with E-state index < -0.39 is 0 Å². The SMILES string of the molecule is Cc1ccc(NC(=O)c2ccc3c(=O)n(-c4cccc(C)c4C)c(=S)[nH]c3c2)nc1. The van der Waals surface area contributed by atoms with E-state index in [4.69, 9.17) is 12.2 Å². The number of aromatic nitrogens is 3. The van der Waals surface area contributed by atoms with Crippen molar-refractivity contribution in [2.24, 2.45) is 0 Å². The second-order valence-corrected chi connectivity index (χ2v) is 7.61. The molecule has 0 atom stereocenters. The van der Waals surface area contributed by atoms with Crippen LogP contribution in [0.4, 0.5) is 5.82 Å². The van der Waals surface area contributed by atoms with Gasteiger partial charge in [-0.15, -0.1) is 0 Å². The number of aryl methyl sites for hydroxylation is 2. The third-order valence-electron chi connectivity index (χ3n) is 5.13. The van der Waals surface area contributed by atoms with Crippen molar-refractivity contribution in [3.63, 3.8) is 0 Å². The largest absolute Gasteiger partial charge is 0.331 e. The summed E-state index contributed by atoms with van der Waals surface area (Å²) < 4.78 is 1.77. The molecule has 0 bridgehead atoms. The van der Waals surface area contributed by atoms with Gasteiger partial charge in [0.1, 0.15) is 5.82 Å². The molecule has 0 fully saturated rings. The van der Waals surface area contributed by atoms with Gasteiger partial charge in [-0.25, -0.2) is 4.98 Å². The van der Waals surface area contributed by atoms with Crippen LogP contribution in [0.25, 0.3) is 16.6 Å². The van der Waals surface area contributed by atoms with Crippen LogP contribution < -0.4 is 10.9 Å². The van der Waals surface area contributed by atoms with Crippen molar-refractivity contribution in [1.82, 2.24) is 14.5 Å². The number of carbonyl (C=O) groups is 1. The van der Waals surface area contributed by atoms with Crippen LogP contribution in [0.5, 0.6) is 0 Å². The molecular weight excluding hydrogens is 396 g/mol. The van der Waals surface area contributed by atoms with Crippen molar-refractivity contribution >= 4 is 34.8 Å². The zero-order chi connectivity index (χ0) is 21.4. The van der Waals surface area contributed by atoms with Crippen LogP contribution in [-0.2, 0) is 0 Å². The van der Waals surface area contributed by atoms with Gasteiger partial charge in [0.25, 0.3) is 11.5 Å². The fourth-order valence-electron chi connectivity index (χ4n) is 3.29. The second kappa shape index (κ2) is 7.68. The Kier molecular flexibility index (Phi) is 5.05. The zero-order valence-corrected chi connectivity index (χ0v) is 17.6. The molecule has 0 unspecified atom stereocenters. The van der Waals surface area contributed by atoms with E-state index in [0.717, 1.165) is 22.4 Å². The standard InChI is InChI=1S/C23H20N4O2S/c1-13-7-10-20(24-12-13)26-21(28)16-8-9-17-18(11-16)25-23(30)27(22(17)29)19-6-4-5-14(2)15(19)3/h4-12H,1-3H3,(H,25,30)(H,24,26,28). The van der Waals surface area contributed by atoms with Crippen molar-refractivity contribution in [3.8, 4) is 5.69 Å². The number of anilines is 1. The molecule has 0 saturated heterocycles. The summed E-state index contributed by atoms with van der Waals surface area (Å²) in [5.74, 6) is 0.148. The Morgan fingerprint density at radius 2 is 1.90 bits per heavy atom. The van der Waals surface area contributed by atoms with Gasteiger partial charge < -0.3 is 10.3 Å². The fraction of sp³-hybridized carbons (Fsp3) is 0.130. The number of benzene rings is 2. The molecule has 0 radical (unpaired) electrons. The van der Waals surface area contributed by atoms with E-state index in [2.05, 4.69) is 15.3 Å². The van der Waals surface area contributed by atoms with E-state index in [0.29, 0.717) is 22.3 Å². The Labute approximate surface area is 178 Å². The monoisotopic (exact) mass is 416 g/mol. The van der Waals surface area contributed by atoms with E-state index in [1.807, 2.05) is 45.0 Å². The highest BCUT2D eigenvalue weighted by Gasteiger charge is 2.13. The lowest BCUT2D eigenvalue weighted by atomic mass is 10.1. The molecule has 0 aliphatic rings. The maximum Gasteiger partial charge on any atom is 0.266 e. The summed E-state index contributed by atoms with van der Waals surface area (Å²) in [4.78, 5) is 33.1. The zero-order valence-electron chi connectivity index (χ0n) is 16.8. The quantitative estimate of drug-likeness (QED) is 0.478. The van der Waals surface area contributed by atoms with Crippen molar-refractivity contribution in [2.45, 2.75) is 20.8 Å². The highest BCUT2D eigenvalue weighted by Crippen LogP contribution is 2.19. The molecule has 30 heavy (non-hydrogen) atoms. The highest BCUT2D eigenvalue weighted by atomic mass is 32.1. The number of rotatable bonds is 3. The van der Waals surface area contributed by atoms with Gasteiger partial charge in [-0.1, -0.05) is 18.2 Å². The normalized spacial score (nSPS) is 10.9. The molecule has 2 heterocycles. The molecule has 2 aromatic heterocycles. The Bertz CT molecular complexity index is 1400. The van der Waals surface area contributed by atoms with Gasteiger partial charge in [0, 0.05) is 11.8 Å². The fourth-order valence-corrected chi connectivity index (χ4v) is 3.58. The van der Waals surface area contributed by atoms with Gasteiger partial charge in [-0.3, -0.25) is 14.2 Å². The number of pyridine rings is 1. The minimum Gasteiger partial charge on any atom is -0.331 e. The average molecular weight is 417 g/mol. The topological polar surface area (TPSA) is 79.8 Å². The van der Waals surface area contributed by atoms with Gasteiger partial charge in [-0.05, 0) is 80.0 Å². The number of amides is 1. The molecule has 7 heteroatoms. The van der Waals surface area contributed by atoms with Gasteiger partial charge in [-0.2, -0.15) is 0 Å². The number of nitrogens with one attached hydrogen (secondary N) is 2. The highest BCUT2D eigenvalue weighted by molar-refractivity contribution is 7.71. The van der Waals surface area contributed by atoms with Crippen molar-refractivity contribution < 1.29 is 4.79 Å². The van der Waals surface area contributed by atoms with E-state index in [1.54, 1.807) is 30.5 Å². The predicted molar refractivity (Wildman–Crippen MR) is 121 cm³/mol. The Morgan fingerprint density at radius 1 is 1.10 bits per heavy atom. The van der Waals surface area contributed by atoms with Crippen molar-refractivity contribution in [2.75, 3.05) is 5.32 Å². The summed E-state index contributed by atoms with van der Waals surface area (Å²) in [5.41, 5.74) is 4.50. The number of aromatic amines is 1. The Morgan fingerprint density at radius 3 is 2.63 bits per heavy atom. The van der Waals surface area contributed by atoms with Crippen LogP contribution >= 0.6 is 12.2 Å². The first-order valence-corrected chi connectivity index (χ1v) is 9.85. The van der Waals surface area contributed by atoms with Crippen LogP contribution in [0.1, 0.15) is 27.0 Å². The van der Waals surface area contributed by atoms with Crippen LogP contribution in [0.2, 0.25) is 0 Å². The minimum absolute atomic E-state index is 0.227. The molecule has 1 amide bonds. The Hall–Kier alpha value is -3.58. The number of nitrogens with zero attached hydrogens (tertiary/aromatic N) is 2. The summed E-state index contributed by atoms with van der Waals surface area (Å²) in [6, 6.07) is 14.3. The molecule has 0 saturated carbocycles. The lowest BCUT2D eigenvalue weighted by molar-refractivity contribution is 0.102. The van der Waals surface area contributed by atoms with Crippen molar-refractivity contribution in [1.29, 1.82) is 0 Å². The molecule has 0 aliphatic carbocycles. The molecule has 150 valence electrons. The predicted octanol–water partition coefficient (Wildman–Crippen LogP) is 4.62. The molecule has 0 spiro atoms. The third-order valence-corrected chi connectivity index (χ3v) is 5.41. The number of H-pyrrole nitrogens is 1. The maximum atomic E-state index is 13.2. The first-order chi connectivity index (χ1) is 14.3. The van der Waals surface area contributed by atoms with E-state index >= 15 is 0 Å². The summed E-state index contributed by atoms with van der Waals surface area (Å²) >= 11 is 5.47. The van der Waals surface area contributed by atoms with Gasteiger partial charge in [0.15, 0.2) is 4.77 Å². The summed E-state index contributed by atoms with van der Waals surface area (Å²) in [7, 11) is 0. The molecule has 4 rings (SSSR count). The number of hydrogen-bond acceptors (Lipinski definition) is 4. The molecular formula is C23H20N4O2S. The minimum atomic E-state index is -0.314. The second-order valence-electron chi connectivity index (χ2n) is 7.23. The first kappa shape index (κ1) is 19.7. The van der Waals surface area contributed by atoms with Gasteiger partial charge in [0.2, 0.25) is 0 Å². The van der Waals surface area contributed by atoms with E-state index in [1.165, 1.54) is 4.57 Å². The van der Waals surface area contributed by atoms with Gasteiger partial charge >= 0.3 is 0 Å². The number of hydrogen-bond donors (Lipinski definition) is 2. The van der Waals surface area contributed by atoms with Crippen molar-refractivity contribution in [3.05, 3.63) is 92.1 Å². The number of carbonyl (C=O) groups excluding carboxylic acids is 1. The summed E-state index contributed by atoms with van der Waals surface area (Å²) in [6.45, 7) is 5.88. The maximum absolute atomic E-state index is 13.2. The van der Waals surface area contributed by atoms with Crippen LogP contribution in [0.15, 0.2) is 59.5 Å². The van der Waals surface area contributed by atoms with Gasteiger partial charge in [0.05, 0.1) is 16.6 Å². The smallest absolute Gasteiger partial charge is 0.266 e. The number of fused-ring (bicyclic) bond motifs is 1. The summed E-state index contributed by atoms with van der Waals surface area (Å²) in [5, 5.41) is 3.21. The van der Waals surface area contributed by atoms with E-state index in [9.17, 15) is 9.59 Å². The molecule has 0 aliphatic heterocycles. The summed E-state index contributed by atoms with van der Waals surface area (Å²) in [6.07, 6.45) is 1.68. The average Bonchev–Trinajstić information content (AvgIpc) is 2.72. The third kappa shape index (κ3) is 3.55. The van der Waals surface area contributed by atoms with Crippen LogP contribution in [-0.4, -0.2) is 20.4 Å².